The number of para-hydroxylation sites is 1. The molecule has 0 aliphatic rings. The first-order valence-electron chi connectivity index (χ1n) is 5.75. The van der Waals surface area contributed by atoms with Crippen molar-refractivity contribution in [1.29, 1.82) is 0 Å². The lowest BCUT2D eigenvalue weighted by Gasteiger charge is -2.14. The molecule has 1 atom stereocenters. The monoisotopic (exact) mass is 223 g/mol. The lowest BCUT2D eigenvalue weighted by atomic mass is 10.2. The summed E-state index contributed by atoms with van der Waals surface area (Å²) in [5.41, 5.74) is 0. The highest BCUT2D eigenvalue weighted by atomic mass is 16.5. The third-order valence-electron chi connectivity index (χ3n) is 2.12. The Hall–Kier alpha value is -1.06. The first-order chi connectivity index (χ1) is 7.68. The minimum atomic E-state index is -0.459. The average molecular weight is 223 g/mol. The third kappa shape index (κ3) is 5.73. The second kappa shape index (κ2) is 7.25. The lowest BCUT2D eigenvalue weighted by Crippen LogP contribution is -2.33. The zero-order valence-electron chi connectivity index (χ0n) is 10.0. The van der Waals surface area contributed by atoms with E-state index in [2.05, 4.69) is 19.2 Å². The molecule has 0 bridgehead atoms. The summed E-state index contributed by atoms with van der Waals surface area (Å²) in [4.78, 5) is 0. The van der Waals surface area contributed by atoms with Gasteiger partial charge >= 0.3 is 0 Å². The Morgan fingerprint density at radius 2 is 1.88 bits per heavy atom. The number of hydrogen-bond donors (Lipinski definition) is 2. The molecule has 1 aromatic carbocycles. The van der Waals surface area contributed by atoms with Gasteiger partial charge in [0.25, 0.3) is 0 Å². The van der Waals surface area contributed by atoms with Gasteiger partial charge in [-0.1, -0.05) is 32.0 Å². The van der Waals surface area contributed by atoms with Crippen LogP contribution in [-0.2, 0) is 0 Å². The van der Waals surface area contributed by atoms with Crippen LogP contribution in [0.15, 0.2) is 30.3 Å². The predicted molar refractivity (Wildman–Crippen MR) is 65.7 cm³/mol. The highest BCUT2D eigenvalue weighted by Gasteiger charge is 2.04. The van der Waals surface area contributed by atoms with Gasteiger partial charge in [-0.3, -0.25) is 0 Å². The largest absolute Gasteiger partial charge is 0.491 e. The van der Waals surface area contributed by atoms with Crippen LogP contribution in [-0.4, -0.2) is 30.9 Å². The molecular formula is C13H21NO2. The van der Waals surface area contributed by atoms with Crippen molar-refractivity contribution in [1.82, 2.24) is 5.32 Å². The van der Waals surface area contributed by atoms with Crippen molar-refractivity contribution in [3.05, 3.63) is 30.3 Å². The maximum Gasteiger partial charge on any atom is 0.119 e. The van der Waals surface area contributed by atoms with Crippen molar-refractivity contribution in [3.8, 4) is 5.75 Å². The van der Waals surface area contributed by atoms with E-state index in [1.165, 1.54) is 0 Å². The molecule has 0 saturated carbocycles. The number of rotatable bonds is 7. The van der Waals surface area contributed by atoms with Gasteiger partial charge in [0.1, 0.15) is 18.5 Å². The number of benzene rings is 1. The molecule has 3 heteroatoms. The first-order valence-corrected chi connectivity index (χ1v) is 5.75. The van der Waals surface area contributed by atoms with E-state index >= 15 is 0 Å². The van der Waals surface area contributed by atoms with Gasteiger partial charge in [0.15, 0.2) is 0 Å². The van der Waals surface area contributed by atoms with E-state index in [0.717, 1.165) is 12.3 Å². The quantitative estimate of drug-likeness (QED) is 0.739. The van der Waals surface area contributed by atoms with E-state index in [1.54, 1.807) is 0 Å². The van der Waals surface area contributed by atoms with Crippen molar-refractivity contribution >= 4 is 0 Å². The van der Waals surface area contributed by atoms with E-state index in [-0.39, 0.29) is 0 Å². The maximum atomic E-state index is 9.64. The van der Waals surface area contributed by atoms with Crippen molar-refractivity contribution < 1.29 is 9.84 Å². The smallest absolute Gasteiger partial charge is 0.119 e. The number of nitrogens with one attached hydrogen (secondary N) is 1. The van der Waals surface area contributed by atoms with E-state index in [1.807, 2.05) is 30.3 Å². The van der Waals surface area contributed by atoms with Crippen molar-refractivity contribution in [2.24, 2.45) is 5.92 Å². The molecule has 0 saturated heterocycles. The van der Waals surface area contributed by atoms with Gasteiger partial charge in [-0.05, 0) is 24.6 Å². The summed E-state index contributed by atoms with van der Waals surface area (Å²) in [6.45, 7) is 6.10. The fourth-order valence-electron chi connectivity index (χ4n) is 1.31. The molecule has 16 heavy (non-hydrogen) atoms. The number of aliphatic hydroxyl groups excluding tert-OH is 1. The zero-order chi connectivity index (χ0) is 11.8. The highest BCUT2D eigenvalue weighted by molar-refractivity contribution is 5.20. The van der Waals surface area contributed by atoms with E-state index < -0.39 is 6.10 Å². The number of aliphatic hydroxyl groups is 1. The number of ether oxygens (including phenoxy) is 1. The lowest BCUT2D eigenvalue weighted by molar-refractivity contribution is 0.106. The molecule has 90 valence electrons. The molecule has 0 spiro atoms. The van der Waals surface area contributed by atoms with Crippen molar-refractivity contribution in [2.75, 3.05) is 19.7 Å². The molecule has 2 N–H and O–H groups in total. The Morgan fingerprint density at radius 1 is 1.19 bits per heavy atom. The van der Waals surface area contributed by atoms with Gasteiger partial charge in [0.2, 0.25) is 0 Å². The highest BCUT2D eigenvalue weighted by Crippen LogP contribution is 2.08. The van der Waals surface area contributed by atoms with Crippen LogP contribution in [0.4, 0.5) is 0 Å². The summed E-state index contributed by atoms with van der Waals surface area (Å²) in [5, 5.41) is 12.8. The van der Waals surface area contributed by atoms with Gasteiger partial charge in [0, 0.05) is 6.54 Å². The van der Waals surface area contributed by atoms with Gasteiger partial charge in [0.05, 0.1) is 0 Å². The van der Waals surface area contributed by atoms with Crippen LogP contribution in [0.5, 0.6) is 5.75 Å². The zero-order valence-corrected chi connectivity index (χ0v) is 10.0. The molecule has 3 nitrogen and oxygen atoms in total. The van der Waals surface area contributed by atoms with Gasteiger partial charge in [-0.25, -0.2) is 0 Å². The van der Waals surface area contributed by atoms with Gasteiger partial charge in [-0.2, -0.15) is 0 Å². The molecular weight excluding hydrogens is 202 g/mol. The average Bonchev–Trinajstić information content (AvgIpc) is 2.27. The first kappa shape index (κ1) is 13.0. The fraction of sp³-hybridized carbons (Fsp3) is 0.538. The SMILES string of the molecule is CC(C)CNC[C@H](O)COc1ccccc1. The Bertz CT molecular complexity index is 275. The maximum absolute atomic E-state index is 9.64. The summed E-state index contributed by atoms with van der Waals surface area (Å²) >= 11 is 0. The van der Waals surface area contributed by atoms with E-state index in [0.29, 0.717) is 19.1 Å². The van der Waals surface area contributed by atoms with Gasteiger partial charge in [-0.15, -0.1) is 0 Å². The fourth-order valence-corrected chi connectivity index (χ4v) is 1.31. The summed E-state index contributed by atoms with van der Waals surface area (Å²) in [6.07, 6.45) is -0.459. The predicted octanol–water partition coefficient (Wildman–Crippen LogP) is 1.67. The van der Waals surface area contributed by atoms with Crippen LogP contribution < -0.4 is 10.1 Å². The molecule has 0 unspecified atom stereocenters. The molecule has 1 aromatic rings. The molecule has 0 aliphatic carbocycles. The summed E-state index contributed by atoms with van der Waals surface area (Å²) < 4.78 is 5.44. The van der Waals surface area contributed by atoms with Crippen LogP contribution in [0.2, 0.25) is 0 Å². The van der Waals surface area contributed by atoms with Crippen LogP contribution in [0.25, 0.3) is 0 Å². The second-order valence-electron chi connectivity index (χ2n) is 4.33. The van der Waals surface area contributed by atoms with E-state index in [9.17, 15) is 5.11 Å². The van der Waals surface area contributed by atoms with Crippen LogP contribution in [0.3, 0.4) is 0 Å². The number of hydrogen-bond acceptors (Lipinski definition) is 3. The van der Waals surface area contributed by atoms with Gasteiger partial charge < -0.3 is 15.2 Å². The second-order valence-corrected chi connectivity index (χ2v) is 4.33. The molecule has 0 aromatic heterocycles. The minimum Gasteiger partial charge on any atom is -0.491 e. The minimum absolute atomic E-state index is 0.328. The Balaban J connectivity index is 2.13. The Kier molecular flexibility index (Phi) is 5.90. The summed E-state index contributed by atoms with van der Waals surface area (Å²) in [6, 6.07) is 9.54. The molecule has 0 heterocycles. The standard InChI is InChI=1S/C13H21NO2/c1-11(2)8-14-9-12(15)10-16-13-6-4-3-5-7-13/h3-7,11-12,14-15H,8-10H2,1-2H3/t12-/m0/s1. The summed E-state index contributed by atoms with van der Waals surface area (Å²) in [7, 11) is 0. The summed E-state index contributed by atoms with van der Waals surface area (Å²) in [5.74, 6) is 1.40. The molecule has 0 radical (unpaired) electrons. The van der Waals surface area contributed by atoms with E-state index in [4.69, 9.17) is 4.74 Å². The molecule has 0 aliphatic heterocycles. The Morgan fingerprint density at radius 3 is 2.50 bits per heavy atom. The van der Waals surface area contributed by atoms with Crippen molar-refractivity contribution in [2.45, 2.75) is 20.0 Å². The third-order valence-corrected chi connectivity index (χ3v) is 2.12. The van der Waals surface area contributed by atoms with Crippen LogP contribution >= 0.6 is 0 Å². The topological polar surface area (TPSA) is 41.5 Å². The van der Waals surface area contributed by atoms with Crippen LogP contribution in [0, 0.1) is 5.92 Å². The normalized spacial score (nSPS) is 12.8. The van der Waals surface area contributed by atoms with Crippen LogP contribution in [0.1, 0.15) is 13.8 Å². The Labute approximate surface area is 97.4 Å². The van der Waals surface area contributed by atoms with Crippen molar-refractivity contribution in [3.63, 3.8) is 0 Å². The molecule has 0 amide bonds. The molecule has 1 rings (SSSR count). The molecule has 0 fully saturated rings.